The van der Waals surface area contributed by atoms with Gasteiger partial charge in [0.1, 0.15) is 5.75 Å². The van der Waals surface area contributed by atoms with Gasteiger partial charge in [0.25, 0.3) is 5.91 Å². The Morgan fingerprint density at radius 2 is 1.84 bits per heavy atom. The molecule has 0 bridgehead atoms. The average Bonchev–Trinajstić information content (AvgIpc) is 2.67. The molecule has 1 amide bonds. The van der Waals surface area contributed by atoms with Crippen molar-refractivity contribution in [3.63, 3.8) is 0 Å². The summed E-state index contributed by atoms with van der Waals surface area (Å²) in [7, 11) is 3.51. The van der Waals surface area contributed by atoms with Crippen molar-refractivity contribution >= 4 is 5.91 Å². The second kappa shape index (κ2) is 8.17. The van der Waals surface area contributed by atoms with Crippen LogP contribution in [-0.4, -0.2) is 44.6 Å². The number of ether oxygens (including phenoxy) is 1. The van der Waals surface area contributed by atoms with Crippen molar-refractivity contribution in [2.75, 3.05) is 33.8 Å². The Kier molecular flexibility index (Phi) is 5.71. The third kappa shape index (κ3) is 4.40. The van der Waals surface area contributed by atoms with E-state index >= 15 is 0 Å². The molecule has 1 N–H and O–H groups in total. The third-order valence-electron chi connectivity index (χ3n) is 4.81. The number of hydrogen-bond acceptors (Lipinski definition) is 3. The molecular weight excluding hydrogens is 312 g/mol. The average molecular weight is 338 g/mol. The van der Waals surface area contributed by atoms with E-state index in [4.69, 9.17) is 4.74 Å². The van der Waals surface area contributed by atoms with E-state index < -0.39 is 0 Å². The summed E-state index contributed by atoms with van der Waals surface area (Å²) in [5.41, 5.74) is 2.07. The summed E-state index contributed by atoms with van der Waals surface area (Å²) in [6, 6.07) is 18.1. The molecular formula is C21H26N2O2. The van der Waals surface area contributed by atoms with E-state index in [1.807, 2.05) is 24.3 Å². The van der Waals surface area contributed by atoms with Crippen LogP contribution in [0.1, 0.15) is 28.3 Å². The first-order chi connectivity index (χ1) is 12.1. The molecule has 0 radical (unpaired) electrons. The highest BCUT2D eigenvalue weighted by Crippen LogP contribution is 2.30. The molecule has 132 valence electrons. The minimum absolute atomic E-state index is 0.00664. The Labute approximate surface area is 149 Å². The number of piperidine rings is 1. The van der Waals surface area contributed by atoms with Crippen LogP contribution in [0.15, 0.2) is 54.6 Å². The van der Waals surface area contributed by atoms with Crippen LogP contribution < -0.4 is 10.1 Å². The number of nitrogens with one attached hydrogen (secondary N) is 1. The number of hydrogen-bond donors (Lipinski definition) is 1. The van der Waals surface area contributed by atoms with Crippen molar-refractivity contribution in [3.05, 3.63) is 65.7 Å². The van der Waals surface area contributed by atoms with Crippen LogP contribution in [0.2, 0.25) is 0 Å². The van der Waals surface area contributed by atoms with E-state index in [1.54, 1.807) is 19.0 Å². The fourth-order valence-electron chi connectivity index (χ4n) is 3.39. The second-order valence-electron chi connectivity index (χ2n) is 6.81. The SMILES string of the molecule is CN(C)C(=O)c1ccc(OCC2CNCCC2c2ccccc2)cc1. The number of nitrogens with zero attached hydrogens (tertiary/aromatic N) is 1. The van der Waals surface area contributed by atoms with Crippen molar-refractivity contribution in [1.82, 2.24) is 10.2 Å². The van der Waals surface area contributed by atoms with Gasteiger partial charge < -0.3 is 15.0 Å². The lowest BCUT2D eigenvalue weighted by Gasteiger charge is -2.32. The van der Waals surface area contributed by atoms with E-state index in [0.29, 0.717) is 24.0 Å². The summed E-state index contributed by atoms with van der Waals surface area (Å²) >= 11 is 0. The fraction of sp³-hybridized carbons (Fsp3) is 0.381. The maximum atomic E-state index is 11.9. The van der Waals surface area contributed by atoms with E-state index in [1.165, 1.54) is 5.56 Å². The molecule has 4 heteroatoms. The van der Waals surface area contributed by atoms with Gasteiger partial charge in [-0.15, -0.1) is 0 Å². The van der Waals surface area contributed by atoms with Crippen molar-refractivity contribution in [3.8, 4) is 5.75 Å². The first-order valence-electron chi connectivity index (χ1n) is 8.85. The Bertz CT molecular complexity index is 683. The van der Waals surface area contributed by atoms with Crippen LogP contribution in [0.25, 0.3) is 0 Å². The standard InChI is InChI=1S/C21H26N2O2/c1-23(2)21(24)17-8-10-19(11-9-17)25-15-18-14-22-13-12-20(18)16-6-4-3-5-7-16/h3-11,18,20,22H,12-15H2,1-2H3. The fourth-order valence-corrected chi connectivity index (χ4v) is 3.39. The normalized spacial score (nSPS) is 20.1. The largest absolute Gasteiger partial charge is 0.493 e. The summed E-state index contributed by atoms with van der Waals surface area (Å²) in [5.74, 6) is 1.79. The lowest BCUT2D eigenvalue weighted by molar-refractivity contribution is 0.0827. The van der Waals surface area contributed by atoms with Crippen LogP contribution >= 0.6 is 0 Å². The quantitative estimate of drug-likeness (QED) is 0.910. The monoisotopic (exact) mass is 338 g/mol. The number of benzene rings is 2. The van der Waals surface area contributed by atoms with Crippen molar-refractivity contribution < 1.29 is 9.53 Å². The second-order valence-corrected chi connectivity index (χ2v) is 6.81. The van der Waals surface area contributed by atoms with Crippen LogP contribution in [0.3, 0.4) is 0 Å². The van der Waals surface area contributed by atoms with E-state index in [9.17, 15) is 4.79 Å². The van der Waals surface area contributed by atoms with Crippen molar-refractivity contribution in [1.29, 1.82) is 0 Å². The van der Waals surface area contributed by atoms with Gasteiger partial charge in [0.05, 0.1) is 6.61 Å². The molecule has 0 aromatic heterocycles. The molecule has 0 spiro atoms. The summed E-state index contributed by atoms with van der Waals surface area (Å²) in [6.45, 7) is 2.70. The topological polar surface area (TPSA) is 41.6 Å². The molecule has 25 heavy (non-hydrogen) atoms. The molecule has 1 heterocycles. The van der Waals surface area contributed by atoms with Crippen molar-refractivity contribution in [2.45, 2.75) is 12.3 Å². The molecule has 1 fully saturated rings. The zero-order chi connectivity index (χ0) is 17.6. The molecule has 1 saturated heterocycles. The molecule has 1 aliphatic heterocycles. The maximum Gasteiger partial charge on any atom is 0.253 e. The van der Waals surface area contributed by atoms with Gasteiger partial charge in [0.2, 0.25) is 0 Å². The Morgan fingerprint density at radius 1 is 1.12 bits per heavy atom. The maximum absolute atomic E-state index is 11.9. The van der Waals surface area contributed by atoms with Gasteiger partial charge in [-0.1, -0.05) is 30.3 Å². The lowest BCUT2D eigenvalue weighted by atomic mass is 9.81. The Balaban J connectivity index is 1.62. The predicted molar refractivity (Wildman–Crippen MR) is 100 cm³/mol. The molecule has 2 unspecified atom stereocenters. The molecule has 4 nitrogen and oxygen atoms in total. The van der Waals surface area contributed by atoms with Gasteiger partial charge in [-0.3, -0.25) is 4.79 Å². The molecule has 1 aliphatic rings. The summed E-state index contributed by atoms with van der Waals surface area (Å²) in [5, 5.41) is 3.48. The molecule has 2 aromatic rings. The minimum atomic E-state index is 0.00664. The first-order valence-corrected chi connectivity index (χ1v) is 8.85. The van der Waals surface area contributed by atoms with Crippen LogP contribution in [-0.2, 0) is 0 Å². The highest BCUT2D eigenvalue weighted by molar-refractivity contribution is 5.93. The molecule has 2 atom stereocenters. The Hall–Kier alpha value is -2.33. The van der Waals surface area contributed by atoms with Gasteiger partial charge >= 0.3 is 0 Å². The van der Waals surface area contributed by atoms with Gasteiger partial charge in [-0.25, -0.2) is 0 Å². The number of amides is 1. The third-order valence-corrected chi connectivity index (χ3v) is 4.81. The number of carbonyl (C=O) groups excluding carboxylic acids is 1. The van der Waals surface area contributed by atoms with E-state index in [-0.39, 0.29) is 5.91 Å². The minimum Gasteiger partial charge on any atom is -0.493 e. The number of rotatable bonds is 5. The van der Waals surface area contributed by atoms with Gasteiger partial charge in [-0.05, 0) is 48.7 Å². The van der Waals surface area contributed by atoms with Crippen LogP contribution in [0.5, 0.6) is 5.75 Å². The highest BCUT2D eigenvalue weighted by Gasteiger charge is 2.26. The molecule has 3 rings (SSSR count). The smallest absolute Gasteiger partial charge is 0.253 e. The predicted octanol–water partition coefficient (Wildman–Crippen LogP) is 3.16. The molecule has 0 saturated carbocycles. The van der Waals surface area contributed by atoms with E-state index in [0.717, 1.165) is 25.3 Å². The Morgan fingerprint density at radius 3 is 2.52 bits per heavy atom. The summed E-state index contributed by atoms with van der Waals surface area (Å²) in [6.07, 6.45) is 1.13. The molecule has 2 aromatic carbocycles. The zero-order valence-electron chi connectivity index (χ0n) is 14.9. The van der Waals surface area contributed by atoms with Gasteiger partial charge in [0, 0.05) is 32.1 Å². The highest BCUT2D eigenvalue weighted by atomic mass is 16.5. The summed E-state index contributed by atoms with van der Waals surface area (Å²) in [4.78, 5) is 13.5. The van der Waals surface area contributed by atoms with Crippen LogP contribution in [0.4, 0.5) is 0 Å². The first kappa shape index (κ1) is 17.5. The van der Waals surface area contributed by atoms with Crippen molar-refractivity contribution in [2.24, 2.45) is 5.92 Å². The molecule has 0 aliphatic carbocycles. The summed E-state index contributed by atoms with van der Waals surface area (Å²) < 4.78 is 6.03. The van der Waals surface area contributed by atoms with Gasteiger partial charge in [-0.2, -0.15) is 0 Å². The number of carbonyl (C=O) groups is 1. The van der Waals surface area contributed by atoms with Gasteiger partial charge in [0.15, 0.2) is 0 Å². The lowest BCUT2D eigenvalue weighted by Crippen LogP contribution is -2.38. The zero-order valence-corrected chi connectivity index (χ0v) is 14.9. The van der Waals surface area contributed by atoms with Crippen LogP contribution in [0, 0.1) is 5.92 Å². The van der Waals surface area contributed by atoms with E-state index in [2.05, 4.69) is 35.6 Å².